The van der Waals surface area contributed by atoms with Crippen molar-refractivity contribution >= 4 is 11.9 Å². The summed E-state index contributed by atoms with van der Waals surface area (Å²) in [5.74, 6) is 0.192. The Balaban J connectivity index is 2.33. The molecular formula is C16H29NO3. The third-order valence-electron chi connectivity index (χ3n) is 4.12. The predicted octanol–water partition coefficient (Wildman–Crippen LogP) is 3.19. The van der Waals surface area contributed by atoms with Crippen LogP contribution in [0.25, 0.3) is 0 Å². The van der Waals surface area contributed by atoms with Crippen LogP contribution in [-0.4, -0.2) is 25.0 Å². The highest BCUT2D eigenvalue weighted by molar-refractivity contribution is 5.84. The van der Waals surface area contributed by atoms with E-state index in [4.69, 9.17) is 4.74 Å². The number of carbonyl (C=O) groups excluding carboxylic acids is 2. The fraction of sp³-hybridized carbons (Fsp3) is 0.875. The van der Waals surface area contributed by atoms with Crippen molar-refractivity contribution in [2.24, 2.45) is 5.92 Å². The van der Waals surface area contributed by atoms with Crippen LogP contribution in [0, 0.1) is 5.92 Å². The number of unbranched alkanes of at least 4 members (excludes halogenated alkanes) is 3. The van der Waals surface area contributed by atoms with Gasteiger partial charge in [0.1, 0.15) is 6.04 Å². The summed E-state index contributed by atoms with van der Waals surface area (Å²) in [6.45, 7) is 2.15. The molecule has 1 aliphatic rings. The fourth-order valence-electron chi connectivity index (χ4n) is 2.90. The molecule has 0 bridgehead atoms. The lowest BCUT2D eigenvalue weighted by molar-refractivity contribution is -0.145. The van der Waals surface area contributed by atoms with Crippen molar-refractivity contribution < 1.29 is 14.3 Å². The summed E-state index contributed by atoms with van der Waals surface area (Å²) in [5.41, 5.74) is 0. The Labute approximate surface area is 122 Å². The highest BCUT2D eigenvalue weighted by atomic mass is 16.5. The lowest BCUT2D eigenvalue weighted by Crippen LogP contribution is -2.42. The Morgan fingerprint density at radius 3 is 2.50 bits per heavy atom. The Bertz CT molecular complexity index is 298. The molecule has 1 N–H and O–H groups in total. The number of carbonyl (C=O) groups is 2. The van der Waals surface area contributed by atoms with Crippen molar-refractivity contribution in [1.29, 1.82) is 0 Å². The van der Waals surface area contributed by atoms with Crippen LogP contribution in [0.5, 0.6) is 0 Å². The van der Waals surface area contributed by atoms with Gasteiger partial charge >= 0.3 is 5.97 Å². The highest BCUT2D eigenvalue weighted by Gasteiger charge is 2.24. The second kappa shape index (κ2) is 9.78. The van der Waals surface area contributed by atoms with Gasteiger partial charge in [-0.2, -0.15) is 0 Å². The van der Waals surface area contributed by atoms with Gasteiger partial charge in [0.15, 0.2) is 0 Å². The molecule has 0 aromatic carbocycles. The minimum Gasteiger partial charge on any atom is -0.467 e. The molecule has 0 saturated heterocycles. The molecule has 116 valence electrons. The largest absolute Gasteiger partial charge is 0.467 e. The SMILES string of the molecule is CCCCCC[C@@H](NC(=O)CC1CCCC1)C(=O)OC. The van der Waals surface area contributed by atoms with E-state index in [0.29, 0.717) is 18.8 Å². The number of amides is 1. The van der Waals surface area contributed by atoms with Crippen LogP contribution < -0.4 is 5.32 Å². The standard InChI is InChI=1S/C16H29NO3/c1-3-4-5-6-11-14(16(19)20-2)17-15(18)12-13-9-7-8-10-13/h13-14H,3-12H2,1-2H3,(H,17,18)/t14-/m1/s1. The normalized spacial score (nSPS) is 16.9. The van der Waals surface area contributed by atoms with Gasteiger partial charge in [0, 0.05) is 6.42 Å². The van der Waals surface area contributed by atoms with E-state index in [1.807, 2.05) is 0 Å². The summed E-state index contributed by atoms with van der Waals surface area (Å²) in [7, 11) is 1.38. The summed E-state index contributed by atoms with van der Waals surface area (Å²) in [4.78, 5) is 23.7. The van der Waals surface area contributed by atoms with Crippen molar-refractivity contribution in [2.75, 3.05) is 7.11 Å². The number of esters is 1. The van der Waals surface area contributed by atoms with Gasteiger partial charge in [0.25, 0.3) is 0 Å². The smallest absolute Gasteiger partial charge is 0.328 e. The summed E-state index contributed by atoms with van der Waals surface area (Å²) < 4.78 is 4.79. The van der Waals surface area contributed by atoms with Gasteiger partial charge in [-0.1, -0.05) is 45.4 Å². The molecule has 0 unspecified atom stereocenters. The number of hydrogen-bond donors (Lipinski definition) is 1. The highest BCUT2D eigenvalue weighted by Crippen LogP contribution is 2.27. The maximum absolute atomic E-state index is 12.0. The molecule has 1 atom stereocenters. The van der Waals surface area contributed by atoms with E-state index in [1.165, 1.54) is 26.4 Å². The average molecular weight is 283 g/mol. The predicted molar refractivity (Wildman–Crippen MR) is 79.3 cm³/mol. The molecule has 0 aliphatic heterocycles. The minimum absolute atomic E-state index is 0.00258. The number of methoxy groups -OCH3 is 1. The molecule has 0 aromatic rings. The van der Waals surface area contributed by atoms with Crippen molar-refractivity contribution in [3.05, 3.63) is 0 Å². The van der Waals surface area contributed by atoms with Crippen LogP contribution in [0.2, 0.25) is 0 Å². The second-order valence-electron chi connectivity index (χ2n) is 5.85. The van der Waals surface area contributed by atoms with E-state index in [-0.39, 0.29) is 11.9 Å². The molecule has 4 heteroatoms. The van der Waals surface area contributed by atoms with Gasteiger partial charge in [0.05, 0.1) is 7.11 Å². The zero-order valence-electron chi connectivity index (χ0n) is 13.0. The molecule has 4 nitrogen and oxygen atoms in total. The van der Waals surface area contributed by atoms with Crippen LogP contribution in [-0.2, 0) is 14.3 Å². The first-order valence-electron chi connectivity index (χ1n) is 8.04. The van der Waals surface area contributed by atoms with Crippen molar-refractivity contribution in [3.63, 3.8) is 0 Å². The van der Waals surface area contributed by atoms with Gasteiger partial charge < -0.3 is 10.1 Å². The van der Waals surface area contributed by atoms with Crippen molar-refractivity contribution in [2.45, 2.75) is 77.2 Å². The third-order valence-corrected chi connectivity index (χ3v) is 4.12. The van der Waals surface area contributed by atoms with E-state index in [9.17, 15) is 9.59 Å². The summed E-state index contributed by atoms with van der Waals surface area (Å²) in [5, 5.41) is 2.86. The van der Waals surface area contributed by atoms with Gasteiger partial charge in [0.2, 0.25) is 5.91 Å². The van der Waals surface area contributed by atoms with Gasteiger partial charge in [-0.15, -0.1) is 0 Å². The van der Waals surface area contributed by atoms with Crippen molar-refractivity contribution in [1.82, 2.24) is 5.32 Å². The Morgan fingerprint density at radius 2 is 1.90 bits per heavy atom. The summed E-state index contributed by atoms with van der Waals surface area (Å²) in [6.07, 6.45) is 10.4. The lowest BCUT2D eigenvalue weighted by atomic mass is 10.0. The van der Waals surface area contributed by atoms with Crippen LogP contribution in [0.15, 0.2) is 0 Å². The topological polar surface area (TPSA) is 55.4 Å². The molecule has 1 saturated carbocycles. The number of hydrogen-bond acceptors (Lipinski definition) is 3. The zero-order valence-corrected chi connectivity index (χ0v) is 13.0. The number of nitrogens with one attached hydrogen (secondary N) is 1. The maximum Gasteiger partial charge on any atom is 0.328 e. The van der Waals surface area contributed by atoms with E-state index in [0.717, 1.165) is 32.1 Å². The molecule has 1 rings (SSSR count). The van der Waals surface area contributed by atoms with Gasteiger partial charge in [-0.25, -0.2) is 4.79 Å². The van der Waals surface area contributed by atoms with E-state index in [1.54, 1.807) is 0 Å². The van der Waals surface area contributed by atoms with Crippen LogP contribution in [0.1, 0.15) is 71.1 Å². The first-order valence-corrected chi connectivity index (χ1v) is 8.04. The molecule has 0 radical (unpaired) electrons. The van der Waals surface area contributed by atoms with Crippen molar-refractivity contribution in [3.8, 4) is 0 Å². The first kappa shape index (κ1) is 17.0. The maximum atomic E-state index is 12.0. The number of rotatable bonds is 9. The Kier molecular flexibility index (Phi) is 8.31. The average Bonchev–Trinajstić information content (AvgIpc) is 2.94. The molecule has 1 amide bonds. The molecule has 1 fully saturated rings. The second-order valence-corrected chi connectivity index (χ2v) is 5.85. The van der Waals surface area contributed by atoms with Crippen LogP contribution >= 0.6 is 0 Å². The monoisotopic (exact) mass is 283 g/mol. The fourth-order valence-corrected chi connectivity index (χ4v) is 2.90. The zero-order chi connectivity index (χ0) is 14.8. The first-order chi connectivity index (χ1) is 9.67. The number of ether oxygens (including phenoxy) is 1. The van der Waals surface area contributed by atoms with E-state index < -0.39 is 6.04 Å². The molecule has 0 heterocycles. The third kappa shape index (κ3) is 6.40. The Hall–Kier alpha value is -1.06. The van der Waals surface area contributed by atoms with E-state index >= 15 is 0 Å². The summed E-state index contributed by atoms with van der Waals surface area (Å²) >= 11 is 0. The molecule has 1 aliphatic carbocycles. The van der Waals surface area contributed by atoms with Crippen LogP contribution in [0.3, 0.4) is 0 Å². The molecule has 0 aromatic heterocycles. The molecular weight excluding hydrogens is 254 g/mol. The molecule has 0 spiro atoms. The van der Waals surface area contributed by atoms with Gasteiger partial charge in [-0.3, -0.25) is 4.79 Å². The lowest BCUT2D eigenvalue weighted by Gasteiger charge is -2.17. The van der Waals surface area contributed by atoms with E-state index in [2.05, 4.69) is 12.2 Å². The van der Waals surface area contributed by atoms with Crippen LogP contribution in [0.4, 0.5) is 0 Å². The molecule has 20 heavy (non-hydrogen) atoms. The summed E-state index contributed by atoms with van der Waals surface area (Å²) in [6, 6.07) is -0.467. The minimum atomic E-state index is -0.467. The van der Waals surface area contributed by atoms with Gasteiger partial charge in [-0.05, 0) is 25.2 Å². The Morgan fingerprint density at radius 1 is 1.20 bits per heavy atom. The quantitative estimate of drug-likeness (QED) is 0.522.